The molecule has 0 bridgehead atoms. The average molecular weight is 503 g/mol. The van der Waals surface area contributed by atoms with Crippen LogP contribution in [0.25, 0.3) is 0 Å². The van der Waals surface area contributed by atoms with E-state index < -0.39 is 0 Å². The zero-order valence-corrected chi connectivity index (χ0v) is 24.5. The molecular formula is C37H58. The lowest BCUT2D eigenvalue weighted by Gasteiger charge is -2.29. The van der Waals surface area contributed by atoms with Crippen LogP contribution in [0.2, 0.25) is 0 Å². The lowest BCUT2D eigenvalue weighted by Crippen LogP contribution is -2.14. The summed E-state index contributed by atoms with van der Waals surface area (Å²) in [6, 6.07) is 9.84. The van der Waals surface area contributed by atoms with Crippen LogP contribution >= 0.6 is 0 Å². The molecule has 2 atom stereocenters. The van der Waals surface area contributed by atoms with E-state index in [0.717, 1.165) is 29.6 Å². The van der Waals surface area contributed by atoms with Gasteiger partial charge < -0.3 is 0 Å². The molecule has 37 heavy (non-hydrogen) atoms. The minimum Gasteiger partial charge on any atom is -0.0882 e. The summed E-state index contributed by atoms with van der Waals surface area (Å²) in [5.74, 6) is 5.16. The van der Waals surface area contributed by atoms with Gasteiger partial charge in [0.15, 0.2) is 0 Å². The van der Waals surface area contributed by atoms with Crippen LogP contribution in [0, 0.1) is 23.7 Å². The second-order valence-corrected chi connectivity index (χ2v) is 13.1. The maximum atomic E-state index is 2.60. The lowest BCUT2D eigenvalue weighted by atomic mass is 9.76. The maximum absolute atomic E-state index is 2.60. The minimum absolute atomic E-state index is 0.650. The van der Waals surface area contributed by atoms with Crippen molar-refractivity contribution in [1.29, 1.82) is 0 Å². The number of hydrogen-bond acceptors (Lipinski definition) is 0. The quantitative estimate of drug-likeness (QED) is 0.186. The third kappa shape index (κ3) is 9.44. The summed E-state index contributed by atoms with van der Waals surface area (Å²) in [5.41, 5.74) is 3.15. The molecule has 3 aliphatic carbocycles. The fourth-order valence-electron chi connectivity index (χ4n) is 7.63. The van der Waals surface area contributed by atoms with E-state index in [4.69, 9.17) is 0 Å². The van der Waals surface area contributed by atoms with Gasteiger partial charge in [-0.3, -0.25) is 0 Å². The Kier molecular flexibility index (Phi) is 12.4. The van der Waals surface area contributed by atoms with E-state index in [1.807, 2.05) is 0 Å². The van der Waals surface area contributed by atoms with Gasteiger partial charge in [0.05, 0.1) is 0 Å². The third-order valence-corrected chi connectivity index (χ3v) is 10.3. The van der Waals surface area contributed by atoms with Gasteiger partial charge in [-0.1, -0.05) is 101 Å². The number of hydrogen-bond donors (Lipinski definition) is 0. The fraction of sp³-hybridized carbons (Fsp3) is 0.730. The number of rotatable bonds is 13. The molecule has 1 aromatic carbocycles. The van der Waals surface area contributed by atoms with Crippen LogP contribution in [0.1, 0.15) is 159 Å². The van der Waals surface area contributed by atoms with E-state index in [-0.39, 0.29) is 0 Å². The molecule has 0 nitrogen and oxygen atoms in total. The Morgan fingerprint density at radius 2 is 1.30 bits per heavy atom. The molecule has 206 valence electrons. The van der Waals surface area contributed by atoms with Crippen molar-refractivity contribution in [3.63, 3.8) is 0 Å². The van der Waals surface area contributed by atoms with Gasteiger partial charge in [-0.2, -0.15) is 0 Å². The Labute approximate surface area is 230 Å². The van der Waals surface area contributed by atoms with Crippen molar-refractivity contribution in [3.8, 4) is 0 Å². The third-order valence-electron chi connectivity index (χ3n) is 10.3. The second kappa shape index (κ2) is 16.0. The van der Waals surface area contributed by atoms with Crippen LogP contribution in [-0.2, 0) is 0 Å². The molecule has 0 heterocycles. The Hall–Kier alpha value is -1.30. The summed E-state index contributed by atoms with van der Waals surface area (Å²) in [6.45, 7) is 4.63. The van der Waals surface area contributed by atoms with Gasteiger partial charge >= 0.3 is 0 Å². The number of benzene rings is 1. The van der Waals surface area contributed by atoms with Crippen LogP contribution in [-0.4, -0.2) is 0 Å². The summed E-state index contributed by atoms with van der Waals surface area (Å²) in [6.07, 6.45) is 37.0. The van der Waals surface area contributed by atoms with Crippen molar-refractivity contribution in [2.24, 2.45) is 23.7 Å². The normalized spacial score (nSPS) is 30.6. The summed E-state index contributed by atoms with van der Waals surface area (Å²) in [5, 5.41) is 0. The largest absolute Gasteiger partial charge is 0.0882 e. The Bertz CT molecular complexity index is 782. The summed E-state index contributed by atoms with van der Waals surface area (Å²) in [7, 11) is 0. The first-order valence-corrected chi connectivity index (χ1v) is 16.7. The first-order chi connectivity index (χ1) is 18.2. The monoisotopic (exact) mass is 502 g/mol. The van der Waals surface area contributed by atoms with Gasteiger partial charge in [-0.15, -0.1) is 0 Å². The van der Waals surface area contributed by atoms with E-state index in [9.17, 15) is 0 Å². The zero-order chi connectivity index (χ0) is 25.7. The first-order valence-electron chi connectivity index (χ1n) is 16.7. The molecule has 0 aliphatic heterocycles. The summed E-state index contributed by atoms with van der Waals surface area (Å²) < 4.78 is 0. The summed E-state index contributed by atoms with van der Waals surface area (Å²) in [4.78, 5) is 0. The van der Waals surface area contributed by atoms with Gasteiger partial charge in [0.2, 0.25) is 0 Å². The van der Waals surface area contributed by atoms with Crippen LogP contribution in [0.15, 0.2) is 48.6 Å². The molecule has 2 fully saturated rings. The molecule has 1 aromatic rings. The van der Waals surface area contributed by atoms with Crippen molar-refractivity contribution in [2.75, 3.05) is 0 Å². The predicted octanol–water partition coefficient (Wildman–Crippen LogP) is 11.9. The molecule has 2 unspecified atom stereocenters. The highest BCUT2D eigenvalue weighted by molar-refractivity contribution is 5.31. The smallest absolute Gasteiger partial charge is 0.00182 e. The van der Waals surface area contributed by atoms with Crippen molar-refractivity contribution in [1.82, 2.24) is 0 Å². The highest BCUT2D eigenvalue weighted by atomic mass is 14.3. The van der Waals surface area contributed by atoms with E-state index >= 15 is 0 Å². The molecule has 0 radical (unpaired) electrons. The van der Waals surface area contributed by atoms with Crippen LogP contribution < -0.4 is 0 Å². The van der Waals surface area contributed by atoms with E-state index in [2.05, 4.69) is 62.4 Å². The van der Waals surface area contributed by atoms with Crippen molar-refractivity contribution in [2.45, 2.75) is 148 Å². The van der Waals surface area contributed by atoms with Gasteiger partial charge in [0.25, 0.3) is 0 Å². The molecular weight excluding hydrogens is 444 g/mol. The van der Waals surface area contributed by atoms with Gasteiger partial charge in [0.1, 0.15) is 0 Å². The van der Waals surface area contributed by atoms with Crippen LogP contribution in [0.3, 0.4) is 0 Å². The van der Waals surface area contributed by atoms with E-state index in [1.165, 1.54) is 122 Å². The predicted molar refractivity (Wildman–Crippen MR) is 163 cm³/mol. The average Bonchev–Trinajstić information content (AvgIpc) is 2.96. The highest BCUT2D eigenvalue weighted by Gasteiger charge is 2.23. The zero-order valence-electron chi connectivity index (χ0n) is 24.5. The molecule has 3 aliphatic rings. The van der Waals surface area contributed by atoms with Crippen molar-refractivity contribution in [3.05, 3.63) is 59.7 Å². The SMILES string of the molecule is CCCCCC1CCC(/C=C/CCC2CCC(c3ccc(C4C=CC(CCCC)CC4)cc3)CC2)CC1. The first kappa shape index (κ1) is 28.7. The number of allylic oxidation sites excluding steroid dienone is 4. The molecule has 0 spiro atoms. The van der Waals surface area contributed by atoms with E-state index in [0.29, 0.717) is 5.92 Å². The number of unbranched alkanes of at least 4 members (excludes halogenated alkanes) is 3. The molecule has 0 aromatic heterocycles. The van der Waals surface area contributed by atoms with Crippen molar-refractivity contribution < 1.29 is 0 Å². The Morgan fingerprint density at radius 1 is 0.622 bits per heavy atom. The van der Waals surface area contributed by atoms with Crippen molar-refractivity contribution >= 4 is 0 Å². The molecule has 0 amide bonds. The molecule has 0 heteroatoms. The maximum Gasteiger partial charge on any atom is 0.00182 e. The van der Waals surface area contributed by atoms with Gasteiger partial charge in [0, 0.05) is 5.92 Å². The van der Waals surface area contributed by atoms with Crippen LogP contribution in [0.5, 0.6) is 0 Å². The molecule has 0 saturated heterocycles. The van der Waals surface area contributed by atoms with Gasteiger partial charge in [-0.05, 0) is 124 Å². The topological polar surface area (TPSA) is 0 Å². The fourth-order valence-corrected chi connectivity index (χ4v) is 7.63. The second-order valence-electron chi connectivity index (χ2n) is 13.1. The molecule has 4 rings (SSSR count). The molecule has 0 N–H and O–H groups in total. The lowest BCUT2D eigenvalue weighted by molar-refractivity contribution is 0.288. The minimum atomic E-state index is 0.650. The standard InChI is InChI=1S/C37H58/c1-3-5-7-11-31-14-16-32(17-15-31)12-8-9-13-33-20-24-35(25-21-33)37-28-26-36(27-29-37)34-22-18-30(19-23-34)10-6-4-2/h8,12,18,22,26-35H,3-7,9-11,13-17,19-21,23-25H2,1-2H3/b12-8+. The molecule has 2 saturated carbocycles. The van der Waals surface area contributed by atoms with E-state index in [1.54, 1.807) is 11.1 Å². The van der Waals surface area contributed by atoms with Gasteiger partial charge in [-0.25, -0.2) is 0 Å². The Morgan fingerprint density at radius 3 is 1.97 bits per heavy atom. The highest BCUT2D eigenvalue weighted by Crippen LogP contribution is 2.39. The Balaban J connectivity index is 1.11. The summed E-state index contributed by atoms with van der Waals surface area (Å²) >= 11 is 0. The van der Waals surface area contributed by atoms with Crippen LogP contribution in [0.4, 0.5) is 0 Å².